The van der Waals surface area contributed by atoms with Crippen molar-refractivity contribution >= 4 is 5.97 Å². The Morgan fingerprint density at radius 1 is 0.625 bits per heavy atom. The van der Waals surface area contributed by atoms with Crippen LogP contribution in [0.5, 0.6) is 0 Å². The van der Waals surface area contributed by atoms with E-state index in [1.54, 1.807) is 0 Å². The van der Waals surface area contributed by atoms with Gasteiger partial charge in [0.25, 0.3) is 0 Å². The first-order chi connectivity index (χ1) is 37.7. The Hall–Kier alpha value is -1.83. The largest absolute Gasteiger partial charge is 0.432 e. The molecule has 28 heteroatoms. The van der Waals surface area contributed by atoms with E-state index >= 15 is 0 Å². The molecule has 0 radical (unpaired) electrons. The number of aliphatic hydroxyl groups is 16. The van der Waals surface area contributed by atoms with Crippen LogP contribution in [-0.2, 0) is 56.9 Å². The molecule has 0 aromatic heterocycles. The van der Waals surface area contributed by atoms with Crippen LogP contribution in [0.15, 0.2) is 12.2 Å². The molecule has 0 amide bonds. The van der Waals surface area contributed by atoms with Gasteiger partial charge >= 0.3 is 5.97 Å². The molecule has 0 aromatic carbocycles. The summed E-state index contributed by atoms with van der Waals surface area (Å²) in [5.41, 5.74) is -2.64. The maximum Gasteiger partial charge on any atom is 0.314 e. The number of aliphatic hydroxyl groups excluding tert-OH is 16. The Morgan fingerprint density at radius 2 is 1.18 bits per heavy atom. The zero-order valence-corrected chi connectivity index (χ0v) is 45.5. The SMILES string of the molecule is C=C1C[C@@]23CC[C@@H]4C(C)(C(=O)OC5OC(CO)C(O)C(O)C5O)CCC[C@@]4(C)[C@@H]2CC[C@]1(OC1OC(CO)C(O)C(OC(O)C(O)C(O)C(CO)OC)C1OC1OC([C@@H](C)OC)C(OC2OC(CO)C(O)C(O)C2O)C(O)C1O)C3. The van der Waals surface area contributed by atoms with Gasteiger partial charge in [0.05, 0.1) is 43.5 Å². The summed E-state index contributed by atoms with van der Waals surface area (Å²) in [6.07, 6.45) is -39.7. The van der Waals surface area contributed by atoms with E-state index in [1.165, 1.54) is 14.0 Å². The number of fused-ring (bicyclic) bond motifs is 3. The van der Waals surface area contributed by atoms with Gasteiger partial charge in [-0.1, -0.05) is 19.9 Å². The third-order valence-electron chi connectivity index (χ3n) is 19.5. The van der Waals surface area contributed by atoms with Gasteiger partial charge in [0.15, 0.2) is 25.2 Å². The predicted octanol–water partition coefficient (Wildman–Crippen LogP) is -6.00. The summed E-state index contributed by atoms with van der Waals surface area (Å²) in [4.78, 5) is 14.4. The molecule has 8 rings (SSSR count). The number of methoxy groups -OCH3 is 2. The van der Waals surface area contributed by atoms with E-state index in [0.717, 1.165) is 13.5 Å². The fraction of sp³-hybridized carbons (Fsp3) is 0.942. The van der Waals surface area contributed by atoms with Crippen LogP contribution in [0, 0.1) is 28.1 Å². The van der Waals surface area contributed by atoms with Gasteiger partial charge < -0.3 is 134 Å². The van der Waals surface area contributed by atoms with Crippen LogP contribution < -0.4 is 0 Å². The summed E-state index contributed by atoms with van der Waals surface area (Å²) >= 11 is 0. The molecule has 28 nitrogen and oxygen atoms in total. The van der Waals surface area contributed by atoms with E-state index in [0.29, 0.717) is 56.9 Å². The Balaban J connectivity index is 1.08. The van der Waals surface area contributed by atoms with Crippen molar-refractivity contribution in [3.63, 3.8) is 0 Å². The van der Waals surface area contributed by atoms with Crippen molar-refractivity contribution in [3.8, 4) is 0 Å². The fourth-order valence-corrected chi connectivity index (χ4v) is 14.9. The molecule has 2 bridgehead atoms. The summed E-state index contributed by atoms with van der Waals surface area (Å²) in [5, 5.41) is 172. The van der Waals surface area contributed by atoms with Gasteiger partial charge in [-0.05, 0) is 93.5 Å². The predicted molar refractivity (Wildman–Crippen MR) is 263 cm³/mol. The number of carbonyl (C=O) groups is 1. The standard InChI is InChI=1S/C52H86O28/c1-20-14-51-12-8-26-49(3,10-7-11-50(26,4)48(69)79-45-37(66)33(62)30(59)24(17-55)73-45)27(51)9-13-52(20,19-51)80-47-42(40(31(60)25(18-56)74-47)75-43(68)35(64)28(57)22(15-53)71-6)78-46-38(67)34(63)41(39(76-46)21(2)70-5)77-44-36(65)32(61)29(58)23(16-54)72-44/h21-47,53-68H,1,7-19H2,2-6H3/t21-,22?,23?,24?,25?,26+,27+,28?,29?,30?,31?,32?,33?,34?,35?,36?,37?,38?,39?,40?,41?,42?,43?,44?,45?,46?,47?,49-,50?,51-,52+/m1/s1. The number of rotatable bonds is 20. The van der Waals surface area contributed by atoms with Crippen LogP contribution in [-0.4, -0.2) is 287 Å². The third kappa shape index (κ3) is 11.4. The second kappa shape index (κ2) is 25.2. The number of carbonyl (C=O) groups excluding carboxylic acids is 1. The molecule has 8 aliphatic rings. The Bertz CT molecular complexity index is 2070. The molecule has 16 N–H and O–H groups in total. The Labute approximate surface area is 462 Å². The Morgan fingerprint density at radius 3 is 1.77 bits per heavy atom. The zero-order chi connectivity index (χ0) is 58.7. The molecule has 4 heterocycles. The summed E-state index contributed by atoms with van der Waals surface area (Å²) < 4.78 is 65.5. The lowest BCUT2D eigenvalue weighted by Gasteiger charge is -2.64. The van der Waals surface area contributed by atoms with Crippen LogP contribution in [0.25, 0.3) is 0 Å². The molecule has 80 heavy (non-hydrogen) atoms. The van der Waals surface area contributed by atoms with Crippen LogP contribution in [0.4, 0.5) is 0 Å². The molecule has 4 aliphatic heterocycles. The number of hydrogen-bond acceptors (Lipinski definition) is 28. The maximum atomic E-state index is 14.4. The van der Waals surface area contributed by atoms with Crippen molar-refractivity contribution in [2.24, 2.45) is 28.1 Å². The molecular weight excluding hydrogens is 1070 g/mol. The highest BCUT2D eigenvalue weighted by atomic mass is 16.8. The highest BCUT2D eigenvalue weighted by molar-refractivity contribution is 5.77. The number of hydrogen-bond donors (Lipinski definition) is 16. The average Bonchev–Trinajstić information content (AvgIpc) is 3.90. The number of esters is 1. The first kappa shape index (κ1) is 64.2. The van der Waals surface area contributed by atoms with Gasteiger partial charge in [0, 0.05) is 14.2 Å². The molecule has 31 atom stereocenters. The molecule has 8 fully saturated rings. The van der Waals surface area contributed by atoms with Gasteiger partial charge in [-0.2, -0.15) is 0 Å². The lowest BCUT2D eigenvalue weighted by molar-refractivity contribution is -0.402. The smallest absolute Gasteiger partial charge is 0.314 e. The topological polar surface area (TPSA) is 442 Å². The monoisotopic (exact) mass is 1160 g/mol. The molecule has 1 spiro atoms. The van der Waals surface area contributed by atoms with Gasteiger partial charge in [-0.15, -0.1) is 0 Å². The highest BCUT2D eigenvalue weighted by Crippen LogP contribution is 2.74. The first-order valence-electron chi connectivity index (χ1n) is 27.6. The zero-order valence-electron chi connectivity index (χ0n) is 45.5. The quantitative estimate of drug-likeness (QED) is 0.0234. The van der Waals surface area contributed by atoms with Crippen molar-refractivity contribution in [2.75, 3.05) is 40.6 Å². The average molecular weight is 1160 g/mol. The molecule has 4 saturated heterocycles. The van der Waals surface area contributed by atoms with Crippen LogP contribution >= 0.6 is 0 Å². The minimum atomic E-state index is -2.40. The van der Waals surface area contributed by atoms with Crippen LogP contribution in [0.3, 0.4) is 0 Å². The summed E-state index contributed by atoms with van der Waals surface area (Å²) in [5.74, 6) is -0.937. The first-order valence-corrected chi connectivity index (χ1v) is 27.6. The molecule has 0 aromatic rings. The van der Waals surface area contributed by atoms with Crippen molar-refractivity contribution < 1.29 is 139 Å². The molecular formula is C52H86O28. The molecule has 462 valence electrons. The second-order valence-corrected chi connectivity index (χ2v) is 23.9. The summed E-state index contributed by atoms with van der Waals surface area (Å²) in [6.45, 7) is 6.81. The second-order valence-electron chi connectivity index (χ2n) is 23.9. The van der Waals surface area contributed by atoms with E-state index in [1.807, 2.05) is 6.92 Å². The summed E-state index contributed by atoms with van der Waals surface area (Å²) in [6, 6.07) is 0. The minimum absolute atomic E-state index is 0.0325. The van der Waals surface area contributed by atoms with E-state index in [4.69, 9.17) is 52.1 Å². The van der Waals surface area contributed by atoms with Gasteiger partial charge in [0.1, 0.15) is 116 Å². The van der Waals surface area contributed by atoms with E-state index < -0.39 is 208 Å². The molecule has 4 saturated carbocycles. The fourth-order valence-electron chi connectivity index (χ4n) is 14.9. The lowest BCUT2D eigenvalue weighted by atomic mass is 9.41. The minimum Gasteiger partial charge on any atom is -0.432 e. The Kier molecular flexibility index (Phi) is 20.3. The van der Waals surface area contributed by atoms with Crippen LogP contribution in [0.2, 0.25) is 0 Å². The third-order valence-corrected chi connectivity index (χ3v) is 19.5. The number of ether oxygens (including phenoxy) is 11. The van der Waals surface area contributed by atoms with Gasteiger partial charge in [-0.3, -0.25) is 4.79 Å². The van der Waals surface area contributed by atoms with Crippen molar-refractivity contribution in [1.29, 1.82) is 0 Å². The molecule has 4 aliphatic carbocycles. The van der Waals surface area contributed by atoms with Crippen molar-refractivity contribution in [3.05, 3.63) is 12.2 Å². The van der Waals surface area contributed by atoms with Crippen molar-refractivity contribution in [2.45, 2.75) is 238 Å². The highest BCUT2D eigenvalue weighted by Gasteiger charge is 2.70. The normalized spacial score (nSPS) is 49.7. The van der Waals surface area contributed by atoms with E-state index in [-0.39, 0.29) is 11.8 Å². The summed E-state index contributed by atoms with van der Waals surface area (Å²) in [7, 11) is 2.41. The van der Waals surface area contributed by atoms with Gasteiger partial charge in [0.2, 0.25) is 6.29 Å². The van der Waals surface area contributed by atoms with E-state index in [9.17, 15) is 86.5 Å². The van der Waals surface area contributed by atoms with Gasteiger partial charge in [-0.25, -0.2) is 0 Å². The van der Waals surface area contributed by atoms with Crippen molar-refractivity contribution in [1.82, 2.24) is 0 Å². The van der Waals surface area contributed by atoms with E-state index in [2.05, 4.69) is 13.5 Å². The maximum absolute atomic E-state index is 14.4. The molecule has 25 unspecified atom stereocenters. The lowest BCUT2D eigenvalue weighted by Crippen LogP contribution is -2.68. The van der Waals surface area contributed by atoms with Crippen LogP contribution in [0.1, 0.15) is 78.6 Å².